The topological polar surface area (TPSA) is 38.0 Å². The highest BCUT2D eigenvalue weighted by molar-refractivity contribution is 6.13. The van der Waals surface area contributed by atoms with E-state index in [9.17, 15) is 5.26 Å². The molecule has 0 unspecified atom stereocenters. The Balaban J connectivity index is 1.79. The molecule has 0 aliphatic heterocycles. The first-order valence-corrected chi connectivity index (χ1v) is 10.0. The van der Waals surface area contributed by atoms with Gasteiger partial charge in [-0.25, -0.2) is 4.85 Å². The second kappa shape index (κ2) is 6.23. The van der Waals surface area contributed by atoms with Gasteiger partial charge in [0, 0.05) is 39.9 Å². The lowest BCUT2D eigenvalue weighted by molar-refractivity contribution is 1.01. The summed E-state index contributed by atoms with van der Waals surface area (Å²) in [5.41, 5.74) is 6.45. The molecule has 4 aromatic carbocycles. The van der Waals surface area contributed by atoms with Crippen LogP contribution in [-0.2, 0) is 7.05 Å². The Kier molecular flexibility index (Phi) is 3.48. The molecule has 31 heavy (non-hydrogen) atoms. The van der Waals surface area contributed by atoms with Crippen molar-refractivity contribution in [3.63, 3.8) is 0 Å². The van der Waals surface area contributed by atoms with Crippen LogP contribution >= 0.6 is 0 Å². The standard InChI is InChI=1S/C27H16N4/c1-29-18-10-12-26-22(14-18)21-8-5-6-17(16-28)27(21)31(26)19-11-13-25-23(15-19)20-7-3-4-9-24(20)30(25)2/h3-15H,2H3. The van der Waals surface area contributed by atoms with Gasteiger partial charge in [-0.05, 0) is 47.9 Å². The van der Waals surface area contributed by atoms with Gasteiger partial charge in [0.2, 0.25) is 0 Å². The van der Waals surface area contributed by atoms with E-state index in [1.54, 1.807) is 0 Å². The minimum atomic E-state index is 0.596. The van der Waals surface area contributed by atoms with Gasteiger partial charge in [-0.2, -0.15) is 5.26 Å². The number of nitrogens with zero attached hydrogens (tertiary/aromatic N) is 4. The highest BCUT2D eigenvalue weighted by atomic mass is 15.0. The van der Waals surface area contributed by atoms with Crippen molar-refractivity contribution in [2.45, 2.75) is 0 Å². The third kappa shape index (κ3) is 2.28. The zero-order valence-corrected chi connectivity index (χ0v) is 16.8. The molecule has 0 saturated carbocycles. The summed E-state index contributed by atoms with van der Waals surface area (Å²) >= 11 is 0. The summed E-state index contributed by atoms with van der Waals surface area (Å²) in [6.07, 6.45) is 0. The van der Waals surface area contributed by atoms with Crippen molar-refractivity contribution in [1.29, 1.82) is 5.26 Å². The summed E-state index contributed by atoms with van der Waals surface area (Å²) in [4.78, 5) is 3.60. The lowest BCUT2D eigenvalue weighted by Gasteiger charge is -2.09. The smallest absolute Gasteiger partial charge is 0.188 e. The maximum absolute atomic E-state index is 9.83. The molecule has 144 valence electrons. The number of para-hydroxylation sites is 2. The van der Waals surface area contributed by atoms with Crippen molar-refractivity contribution >= 4 is 49.3 Å². The zero-order chi connectivity index (χ0) is 21.1. The normalized spacial score (nSPS) is 11.3. The molecule has 0 fully saturated rings. The van der Waals surface area contributed by atoms with E-state index in [0.29, 0.717) is 11.3 Å². The quantitative estimate of drug-likeness (QED) is 0.280. The Labute approximate surface area is 178 Å². The molecule has 4 heteroatoms. The van der Waals surface area contributed by atoms with Gasteiger partial charge in [0.1, 0.15) is 6.07 Å². The van der Waals surface area contributed by atoms with Crippen molar-refractivity contribution in [3.05, 3.63) is 95.8 Å². The van der Waals surface area contributed by atoms with E-state index >= 15 is 0 Å². The first kappa shape index (κ1) is 17.3. The van der Waals surface area contributed by atoms with Gasteiger partial charge in [-0.1, -0.05) is 36.4 Å². The fraction of sp³-hybridized carbons (Fsp3) is 0.0370. The van der Waals surface area contributed by atoms with Crippen LogP contribution in [0.3, 0.4) is 0 Å². The monoisotopic (exact) mass is 396 g/mol. The number of benzene rings is 4. The average molecular weight is 396 g/mol. The van der Waals surface area contributed by atoms with Crippen LogP contribution in [0.4, 0.5) is 5.69 Å². The summed E-state index contributed by atoms with van der Waals surface area (Å²) in [5.74, 6) is 0. The van der Waals surface area contributed by atoms with E-state index < -0.39 is 0 Å². The largest absolute Gasteiger partial charge is 0.344 e. The Hall–Kier alpha value is -4.54. The van der Waals surface area contributed by atoms with E-state index in [1.807, 2.05) is 36.4 Å². The fourth-order valence-corrected chi connectivity index (χ4v) is 4.78. The van der Waals surface area contributed by atoms with Crippen LogP contribution in [0, 0.1) is 17.9 Å². The van der Waals surface area contributed by atoms with Crippen molar-refractivity contribution in [2.75, 3.05) is 0 Å². The van der Waals surface area contributed by atoms with Crippen LogP contribution in [-0.4, -0.2) is 9.13 Å². The fourth-order valence-electron chi connectivity index (χ4n) is 4.78. The molecule has 0 aliphatic rings. The zero-order valence-electron chi connectivity index (χ0n) is 16.8. The van der Waals surface area contributed by atoms with Gasteiger partial charge in [0.15, 0.2) is 5.69 Å². The highest BCUT2D eigenvalue weighted by Gasteiger charge is 2.17. The highest BCUT2D eigenvalue weighted by Crippen LogP contribution is 2.37. The lowest BCUT2D eigenvalue weighted by atomic mass is 10.1. The number of aromatic nitrogens is 2. The van der Waals surface area contributed by atoms with Crippen molar-refractivity contribution < 1.29 is 0 Å². The van der Waals surface area contributed by atoms with Gasteiger partial charge in [-0.15, -0.1) is 0 Å². The molecule has 0 atom stereocenters. The summed E-state index contributed by atoms with van der Waals surface area (Å²) in [6, 6.07) is 28.7. The Morgan fingerprint density at radius 2 is 1.52 bits per heavy atom. The van der Waals surface area contributed by atoms with Gasteiger partial charge in [-0.3, -0.25) is 0 Å². The molecule has 2 heterocycles. The average Bonchev–Trinajstić information content (AvgIpc) is 3.31. The number of rotatable bonds is 1. The predicted octanol–water partition coefficient (Wildman–Crippen LogP) is 6.85. The van der Waals surface area contributed by atoms with Crippen LogP contribution < -0.4 is 0 Å². The molecule has 0 N–H and O–H groups in total. The molecule has 0 aliphatic carbocycles. The molecule has 2 aromatic heterocycles. The van der Waals surface area contributed by atoms with Crippen molar-refractivity contribution in [1.82, 2.24) is 9.13 Å². The van der Waals surface area contributed by atoms with Gasteiger partial charge in [0.25, 0.3) is 0 Å². The molecule has 0 bridgehead atoms. The van der Waals surface area contributed by atoms with Crippen LogP contribution in [0.25, 0.3) is 54.1 Å². The number of aryl methyl sites for hydroxylation is 1. The molecule has 0 amide bonds. The second-order valence-corrected chi connectivity index (χ2v) is 7.74. The van der Waals surface area contributed by atoms with Gasteiger partial charge < -0.3 is 9.13 Å². The summed E-state index contributed by atoms with van der Waals surface area (Å²) in [5, 5.41) is 14.2. The Morgan fingerprint density at radius 3 is 2.35 bits per heavy atom. The number of hydrogen-bond acceptors (Lipinski definition) is 1. The molecule has 6 rings (SSSR count). The molecular formula is C27H16N4. The van der Waals surface area contributed by atoms with E-state index in [-0.39, 0.29) is 0 Å². The van der Waals surface area contributed by atoms with Gasteiger partial charge in [0.05, 0.1) is 23.2 Å². The van der Waals surface area contributed by atoms with Gasteiger partial charge >= 0.3 is 0 Å². The van der Waals surface area contributed by atoms with E-state index in [1.165, 1.54) is 21.8 Å². The lowest BCUT2D eigenvalue weighted by Crippen LogP contribution is -1.96. The number of fused-ring (bicyclic) bond motifs is 6. The third-order valence-electron chi connectivity index (χ3n) is 6.18. The molecule has 0 saturated heterocycles. The first-order valence-electron chi connectivity index (χ1n) is 10.0. The molecule has 0 radical (unpaired) electrons. The van der Waals surface area contributed by atoms with E-state index in [2.05, 4.69) is 69.6 Å². The molecule has 6 aromatic rings. The Morgan fingerprint density at radius 1 is 0.774 bits per heavy atom. The van der Waals surface area contributed by atoms with Crippen molar-refractivity contribution in [3.8, 4) is 11.8 Å². The van der Waals surface area contributed by atoms with Crippen LogP contribution in [0.1, 0.15) is 5.56 Å². The summed E-state index contributed by atoms with van der Waals surface area (Å²) in [7, 11) is 2.09. The predicted molar refractivity (Wildman–Crippen MR) is 126 cm³/mol. The van der Waals surface area contributed by atoms with Crippen LogP contribution in [0.2, 0.25) is 0 Å². The maximum Gasteiger partial charge on any atom is 0.188 e. The third-order valence-corrected chi connectivity index (χ3v) is 6.18. The SMILES string of the molecule is [C-]#[N+]c1ccc2c(c1)c1cccc(C#N)c1n2-c1ccc2c(c1)c1ccccc1n2C. The van der Waals surface area contributed by atoms with E-state index in [4.69, 9.17) is 6.57 Å². The maximum atomic E-state index is 9.83. The minimum Gasteiger partial charge on any atom is -0.344 e. The molecule has 0 spiro atoms. The molecular weight excluding hydrogens is 380 g/mol. The summed E-state index contributed by atoms with van der Waals surface area (Å²) < 4.78 is 4.36. The van der Waals surface area contributed by atoms with Crippen molar-refractivity contribution in [2.24, 2.45) is 7.05 Å². The second-order valence-electron chi connectivity index (χ2n) is 7.74. The van der Waals surface area contributed by atoms with Crippen LogP contribution in [0.15, 0.2) is 78.9 Å². The number of nitriles is 1. The molecule has 4 nitrogen and oxygen atoms in total. The van der Waals surface area contributed by atoms with E-state index in [0.717, 1.165) is 27.5 Å². The summed E-state index contributed by atoms with van der Waals surface area (Å²) in [6.45, 7) is 7.41. The van der Waals surface area contributed by atoms with Crippen LogP contribution in [0.5, 0.6) is 0 Å². The first-order chi connectivity index (χ1) is 15.2. The Bertz CT molecular complexity index is 1770. The minimum absolute atomic E-state index is 0.596. The number of hydrogen-bond donors (Lipinski definition) is 0.